The van der Waals surface area contributed by atoms with Gasteiger partial charge in [0, 0.05) is 36.3 Å². The van der Waals surface area contributed by atoms with Gasteiger partial charge in [-0.15, -0.1) is 10.2 Å². The third-order valence-electron chi connectivity index (χ3n) is 6.96. The topological polar surface area (TPSA) is 103 Å². The summed E-state index contributed by atoms with van der Waals surface area (Å²) in [5.41, 5.74) is 1.38. The molecule has 200 valence electrons. The quantitative estimate of drug-likeness (QED) is 0.249. The summed E-state index contributed by atoms with van der Waals surface area (Å²) in [7, 11) is 2.09. The molecule has 1 atom stereocenters. The standard InChI is InChI=1S/C29H41N5O3/c1-19(35)30-12-7-13-37-23-9-8-20-15-24(26(36)16-21(20)14-23)25-10-11-27(32-31-25)34(6)22-17-28(2,3)33-29(4,5)18-22/h8-11,14-16,19,22,30,33,35-36H,7,12-13,17-18H2,1-6H3. The van der Waals surface area contributed by atoms with Crippen LogP contribution in [0.2, 0.25) is 0 Å². The fraction of sp³-hybridized carbons (Fsp3) is 0.517. The second-order valence-electron chi connectivity index (χ2n) is 11.6. The zero-order valence-corrected chi connectivity index (χ0v) is 22.9. The maximum absolute atomic E-state index is 10.8. The van der Waals surface area contributed by atoms with Gasteiger partial charge in [-0.1, -0.05) is 6.07 Å². The number of aromatic nitrogens is 2. The number of aromatic hydroxyl groups is 1. The minimum atomic E-state index is -0.520. The van der Waals surface area contributed by atoms with Crippen molar-refractivity contribution in [3.8, 4) is 22.8 Å². The van der Waals surface area contributed by atoms with Crippen molar-refractivity contribution in [3.63, 3.8) is 0 Å². The first-order valence-electron chi connectivity index (χ1n) is 13.1. The Kier molecular flexibility index (Phi) is 7.92. The highest BCUT2D eigenvalue weighted by atomic mass is 16.5. The van der Waals surface area contributed by atoms with Crippen LogP contribution in [0.25, 0.3) is 22.0 Å². The van der Waals surface area contributed by atoms with E-state index in [4.69, 9.17) is 4.74 Å². The Bertz CT molecular complexity index is 1190. The molecule has 1 aliphatic rings. The van der Waals surface area contributed by atoms with E-state index >= 15 is 0 Å². The molecule has 4 N–H and O–H groups in total. The highest BCUT2D eigenvalue weighted by Crippen LogP contribution is 2.35. The van der Waals surface area contributed by atoms with Gasteiger partial charge >= 0.3 is 0 Å². The number of aliphatic hydroxyl groups excluding tert-OH is 1. The molecule has 1 saturated heterocycles. The molecule has 0 saturated carbocycles. The van der Waals surface area contributed by atoms with Crippen molar-refractivity contribution in [1.29, 1.82) is 0 Å². The third kappa shape index (κ3) is 6.89. The first kappa shape index (κ1) is 27.1. The van der Waals surface area contributed by atoms with Crippen LogP contribution in [0.15, 0.2) is 42.5 Å². The number of nitrogens with zero attached hydrogens (tertiary/aromatic N) is 3. The molecule has 1 fully saturated rings. The van der Waals surface area contributed by atoms with Gasteiger partial charge in [0.05, 0.1) is 12.3 Å². The molecule has 2 heterocycles. The number of ether oxygens (including phenoxy) is 1. The molecular weight excluding hydrogens is 466 g/mol. The van der Waals surface area contributed by atoms with Crippen LogP contribution < -0.4 is 20.3 Å². The second kappa shape index (κ2) is 10.8. The van der Waals surface area contributed by atoms with Crippen molar-refractivity contribution in [2.24, 2.45) is 0 Å². The second-order valence-corrected chi connectivity index (χ2v) is 11.6. The van der Waals surface area contributed by atoms with E-state index in [0.717, 1.165) is 41.6 Å². The highest BCUT2D eigenvalue weighted by Gasteiger charge is 2.39. The van der Waals surface area contributed by atoms with E-state index < -0.39 is 6.23 Å². The van der Waals surface area contributed by atoms with Crippen LogP contribution in [0.3, 0.4) is 0 Å². The molecule has 3 aromatic rings. The lowest BCUT2D eigenvalue weighted by Crippen LogP contribution is -2.62. The maximum atomic E-state index is 10.8. The number of aliphatic hydroxyl groups is 1. The number of hydrogen-bond acceptors (Lipinski definition) is 8. The average molecular weight is 508 g/mol. The van der Waals surface area contributed by atoms with Crippen LogP contribution in [-0.4, -0.2) is 64.0 Å². The zero-order chi connectivity index (χ0) is 26.8. The van der Waals surface area contributed by atoms with Gasteiger partial charge < -0.3 is 25.2 Å². The molecule has 1 unspecified atom stereocenters. The Morgan fingerprint density at radius 1 is 1.05 bits per heavy atom. The average Bonchev–Trinajstić information content (AvgIpc) is 2.81. The van der Waals surface area contributed by atoms with Gasteiger partial charge in [0.15, 0.2) is 5.82 Å². The number of fused-ring (bicyclic) bond motifs is 1. The fourth-order valence-electron chi connectivity index (χ4n) is 5.52. The largest absolute Gasteiger partial charge is 0.507 e. The number of rotatable bonds is 9. The number of benzene rings is 2. The van der Waals surface area contributed by atoms with Crippen molar-refractivity contribution in [2.75, 3.05) is 25.1 Å². The number of nitrogens with one attached hydrogen (secondary N) is 2. The lowest BCUT2D eigenvalue weighted by molar-refractivity contribution is 0.153. The van der Waals surface area contributed by atoms with E-state index in [2.05, 4.69) is 60.5 Å². The molecule has 0 aliphatic carbocycles. The number of anilines is 1. The molecule has 1 aromatic heterocycles. The van der Waals surface area contributed by atoms with Crippen molar-refractivity contribution in [1.82, 2.24) is 20.8 Å². The summed E-state index contributed by atoms with van der Waals surface area (Å²) in [5, 5.41) is 37.6. The Hall–Kier alpha value is -2.94. The fourth-order valence-corrected chi connectivity index (χ4v) is 5.52. The number of phenols is 1. The molecule has 4 rings (SSSR count). The Labute approximate surface area is 220 Å². The van der Waals surface area contributed by atoms with E-state index in [-0.39, 0.29) is 16.8 Å². The zero-order valence-electron chi connectivity index (χ0n) is 22.9. The summed E-state index contributed by atoms with van der Waals surface area (Å²) in [6, 6.07) is 13.8. The van der Waals surface area contributed by atoms with Crippen molar-refractivity contribution >= 4 is 16.6 Å². The van der Waals surface area contributed by atoms with E-state index in [1.165, 1.54) is 0 Å². The molecule has 0 bridgehead atoms. The number of phenolic OH excluding ortho intramolecular Hbond substituents is 1. The Balaban J connectivity index is 1.46. The molecule has 0 radical (unpaired) electrons. The normalized spacial score (nSPS) is 18.0. The van der Waals surface area contributed by atoms with E-state index in [1.54, 1.807) is 13.0 Å². The molecule has 0 spiro atoms. The summed E-state index contributed by atoms with van der Waals surface area (Å²) in [5.74, 6) is 1.73. The molecule has 37 heavy (non-hydrogen) atoms. The van der Waals surface area contributed by atoms with Gasteiger partial charge in [0.1, 0.15) is 17.7 Å². The van der Waals surface area contributed by atoms with Gasteiger partial charge in [-0.3, -0.25) is 5.32 Å². The smallest absolute Gasteiger partial charge is 0.151 e. The van der Waals surface area contributed by atoms with Gasteiger partial charge in [0.25, 0.3) is 0 Å². The van der Waals surface area contributed by atoms with Gasteiger partial charge in [0.2, 0.25) is 0 Å². The molecule has 8 nitrogen and oxygen atoms in total. The summed E-state index contributed by atoms with van der Waals surface area (Å²) in [6.07, 6.45) is 2.30. The van der Waals surface area contributed by atoms with Crippen LogP contribution in [-0.2, 0) is 0 Å². The number of hydrogen-bond donors (Lipinski definition) is 4. The summed E-state index contributed by atoms with van der Waals surface area (Å²) in [6.45, 7) is 11.9. The monoisotopic (exact) mass is 507 g/mol. The van der Waals surface area contributed by atoms with Gasteiger partial charge in [-0.05, 0) is 101 Å². The van der Waals surface area contributed by atoms with Crippen LogP contribution in [0.1, 0.15) is 53.9 Å². The Morgan fingerprint density at radius 3 is 2.43 bits per heavy atom. The van der Waals surface area contributed by atoms with E-state index in [1.807, 2.05) is 36.4 Å². The third-order valence-corrected chi connectivity index (χ3v) is 6.96. The summed E-state index contributed by atoms with van der Waals surface area (Å²) in [4.78, 5) is 2.23. The summed E-state index contributed by atoms with van der Waals surface area (Å²) >= 11 is 0. The van der Waals surface area contributed by atoms with Crippen LogP contribution >= 0.6 is 0 Å². The Morgan fingerprint density at radius 2 is 1.78 bits per heavy atom. The summed E-state index contributed by atoms with van der Waals surface area (Å²) < 4.78 is 5.83. The van der Waals surface area contributed by atoms with Gasteiger partial charge in [-0.25, -0.2) is 0 Å². The van der Waals surface area contributed by atoms with Gasteiger partial charge in [-0.2, -0.15) is 0 Å². The van der Waals surface area contributed by atoms with E-state index in [0.29, 0.717) is 30.5 Å². The van der Waals surface area contributed by atoms with Crippen LogP contribution in [0.5, 0.6) is 11.5 Å². The first-order valence-corrected chi connectivity index (χ1v) is 13.1. The van der Waals surface area contributed by atoms with Crippen LogP contribution in [0, 0.1) is 0 Å². The van der Waals surface area contributed by atoms with E-state index in [9.17, 15) is 10.2 Å². The molecular formula is C29H41N5O3. The SMILES string of the molecule is CC(O)NCCCOc1ccc2cc(-c3ccc(N(C)C4CC(C)(C)NC(C)(C)C4)nn3)c(O)cc2c1. The maximum Gasteiger partial charge on any atom is 0.151 e. The highest BCUT2D eigenvalue weighted by molar-refractivity contribution is 5.90. The molecule has 0 amide bonds. The lowest BCUT2D eigenvalue weighted by Gasteiger charge is -2.49. The van der Waals surface area contributed by atoms with Crippen molar-refractivity contribution < 1.29 is 14.9 Å². The first-order chi connectivity index (χ1) is 17.4. The molecule has 1 aliphatic heterocycles. The minimum absolute atomic E-state index is 0.0473. The van der Waals surface area contributed by atoms with Crippen molar-refractivity contribution in [3.05, 3.63) is 42.5 Å². The lowest BCUT2D eigenvalue weighted by atomic mass is 9.79. The molecule has 8 heteroatoms. The van der Waals surface area contributed by atoms with Crippen molar-refractivity contribution in [2.45, 2.75) is 77.2 Å². The predicted molar refractivity (Wildman–Crippen MR) is 149 cm³/mol. The predicted octanol–water partition coefficient (Wildman–Crippen LogP) is 4.44. The number of piperidine rings is 1. The van der Waals surface area contributed by atoms with Crippen LogP contribution in [0.4, 0.5) is 5.82 Å². The molecule has 2 aromatic carbocycles. The minimum Gasteiger partial charge on any atom is -0.507 e.